The minimum Gasteiger partial charge on any atom is -0.507 e. The van der Waals surface area contributed by atoms with E-state index in [1.54, 1.807) is 36.4 Å². The first kappa shape index (κ1) is 28.3. The molecule has 3 N–H and O–H groups in total. The molecule has 1 unspecified atom stereocenters. The molecule has 0 aliphatic carbocycles. The monoisotopic (exact) mass is 600 g/mol. The third kappa shape index (κ3) is 5.42. The predicted molar refractivity (Wildman–Crippen MR) is 160 cm³/mol. The molecule has 0 amide bonds. The molecule has 0 saturated heterocycles. The van der Waals surface area contributed by atoms with Crippen molar-refractivity contribution in [2.24, 2.45) is 0 Å². The lowest BCUT2D eigenvalue weighted by Gasteiger charge is -2.20. The van der Waals surface area contributed by atoms with E-state index >= 15 is 4.39 Å². The average molecular weight is 601 g/mol. The molecular weight excluding hydrogens is 574 g/mol. The number of halogens is 2. The molecule has 0 saturated carbocycles. The third-order valence-corrected chi connectivity index (χ3v) is 8.94. The van der Waals surface area contributed by atoms with Crippen molar-refractivity contribution < 1.29 is 26.7 Å². The van der Waals surface area contributed by atoms with Crippen LogP contribution in [0.4, 0.5) is 8.78 Å². The van der Waals surface area contributed by atoms with Crippen molar-refractivity contribution in [3.63, 3.8) is 0 Å². The Labute approximate surface area is 245 Å². The van der Waals surface area contributed by atoms with Crippen LogP contribution in [0.3, 0.4) is 0 Å². The smallest absolute Gasteiger partial charge is 0.343 e. The zero-order valence-corrected chi connectivity index (χ0v) is 23.7. The maximum Gasteiger partial charge on any atom is 0.343 e. The Hall–Kier alpha value is -4.80. The number of sulfonamides is 1. The molecule has 4 aromatic carbocycles. The highest BCUT2D eigenvalue weighted by atomic mass is 32.2. The van der Waals surface area contributed by atoms with Gasteiger partial charge in [-0.15, -0.1) is 0 Å². The van der Waals surface area contributed by atoms with Gasteiger partial charge in [0.25, 0.3) is 0 Å². The second-order valence-electron chi connectivity index (χ2n) is 10.3. The standard InChI is InChI=1S/C33H26F2N2O5S/c1-19-16-29(38)31(33(39)42-19)30(26-18-22(34)11-13-27(26)35)32-25(24-8-4-5-9-28(24)37-32)14-15-36-43(40,41)23-12-10-20-6-2-3-7-21(20)17-23/h2-13,16-18,30,36-38H,14-15H2,1H3. The van der Waals surface area contributed by atoms with E-state index in [4.69, 9.17) is 4.42 Å². The molecule has 0 aliphatic rings. The summed E-state index contributed by atoms with van der Waals surface area (Å²) in [5, 5.41) is 13.3. The largest absolute Gasteiger partial charge is 0.507 e. The van der Waals surface area contributed by atoms with Gasteiger partial charge in [-0.2, -0.15) is 0 Å². The van der Waals surface area contributed by atoms with Gasteiger partial charge in [0.1, 0.15) is 23.1 Å². The van der Waals surface area contributed by atoms with Crippen LogP contribution in [0.5, 0.6) is 5.75 Å². The molecular formula is C33H26F2N2O5S. The van der Waals surface area contributed by atoms with Crippen molar-refractivity contribution in [3.8, 4) is 5.75 Å². The van der Waals surface area contributed by atoms with E-state index in [-0.39, 0.29) is 34.7 Å². The summed E-state index contributed by atoms with van der Waals surface area (Å²) >= 11 is 0. The zero-order valence-electron chi connectivity index (χ0n) is 22.9. The Morgan fingerprint density at radius 3 is 2.47 bits per heavy atom. The molecule has 0 fully saturated rings. The number of aromatic hydroxyl groups is 1. The number of H-pyrrole nitrogens is 1. The number of aromatic amines is 1. The number of aromatic nitrogens is 1. The predicted octanol–water partition coefficient (Wildman–Crippen LogP) is 6.27. The van der Waals surface area contributed by atoms with Crippen LogP contribution >= 0.6 is 0 Å². The highest BCUT2D eigenvalue weighted by Gasteiger charge is 2.31. The van der Waals surface area contributed by atoms with E-state index in [1.165, 1.54) is 19.1 Å². The van der Waals surface area contributed by atoms with Gasteiger partial charge in [0.05, 0.1) is 16.4 Å². The Morgan fingerprint density at radius 1 is 0.930 bits per heavy atom. The molecule has 0 radical (unpaired) electrons. The molecule has 2 aromatic heterocycles. The van der Waals surface area contributed by atoms with Crippen molar-refractivity contribution in [2.75, 3.05) is 6.54 Å². The van der Waals surface area contributed by atoms with Gasteiger partial charge in [-0.3, -0.25) is 0 Å². The highest BCUT2D eigenvalue weighted by molar-refractivity contribution is 7.89. The van der Waals surface area contributed by atoms with Crippen LogP contribution in [-0.2, 0) is 16.4 Å². The molecule has 43 heavy (non-hydrogen) atoms. The number of benzene rings is 4. The summed E-state index contributed by atoms with van der Waals surface area (Å²) in [5.74, 6) is -3.13. The summed E-state index contributed by atoms with van der Waals surface area (Å²) in [5.41, 5.74) is 0.0954. The van der Waals surface area contributed by atoms with E-state index in [1.807, 2.05) is 24.3 Å². The Kier molecular flexibility index (Phi) is 7.33. The van der Waals surface area contributed by atoms with Gasteiger partial charge in [-0.25, -0.2) is 26.7 Å². The SMILES string of the molecule is Cc1cc(O)c(C(c2cc(F)ccc2F)c2[nH]c3ccccc3c2CCNS(=O)(=O)c2ccc3ccccc3c2)c(=O)o1. The summed E-state index contributed by atoms with van der Waals surface area (Å²) in [6, 6.07) is 23.5. The summed E-state index contributed by atoms with van der Waals surface area (Å²) in [7, 11) is -3.90. The number of nitrogens with one attached hydrogen (secondary N) is 2. The lowest BCUT2D eigenvalue weighted by atomic mass is 9.85. The number of rotatable bonds is 8. The van der Waals surface area contributed by atoms with Gasteiger partial charge in [0.15, 0.2) is 0 Å². The van der Waals surface area contributed by atoms with E-state index < -0.39 is 39.0 Å². The van der Waals surface area contributed by atoms with Crippen molar-refractivity contribution in [1.29, 1.82) is 0 Å². The van der Waals surface area contributed by atoms with Gasteiger partial charge in [0.2, 0.25) is 10.0 Å². The normalized spacial score (nSPS) is 12.6. The summed E-state index contributed by atoms with van der Waals surface area (Å²) in [6.07, 6.45) is 0.123. The van der Waals surface area contributed by atoms with Gasteiger partial charge in [-0.1, -0.05) is 48.5 Å². The van der Waals surface area contributed by atoms with E-state index in [2.05, 4.69) is 9.71 Å². The molecule has 218 valence electrons. The number of para-hydroxylation sites is 1. The van der Waals surface area contributed by atoms with Crippen LogP contribution in [0.25, 0.3) is 21.7 Å². The fourth-order valence-electron chi connectivity index (χ4n) is 5.53. The summed E-state index contributed by atoms with van der Waals surface area (Å²) < 4.78 is 64.2. The quantitative estimate of drug-likeness (QED) is 0.191. The maximum atomic E-state index is 15.3. The van der Waals surface area contributed by atoms with Crippen LogP contribution in [0.15, 0.2) is 105 Å². The minimum absolute atomic E-state index is 0.0448. The molecule has 1 atom stereocenters. The Balaban J connectivity index is 1.44. The van der Waals surface area contributed by atoms with Crippen LogP contribution < -0.4 is 10.3 Å². The molecule has 6 rings (SSSR count). The van der Waals surface area contributed by atoms with Crippen LogP contribution in [0.2, 0.25) is 0 Å². The van der Waals surface area contributed by atoms with Gasteiger partial charge in [-0.05, 0) is 66.1 Å². The minimum atomic E-state index is -3.90. The van der Waals surface area contributed by atoms with Gasteiger partial charge < -0.3 is 14.5 Å². The fraction of sp³-hybridized carbons (Fsp3) is 0.121. The third-order valence-electron chi connectivity index (χ3n) is 7.48. The molecule has 10 heteroatoms. The number of hydrogen-bond acceptors (Lipinski definition) is 5. The number of aryl methyl sites for hydroxylation is 1. The first-order valence-electron chi connectivity index (χ1n) is 13.5. The maximum absolute atomic E-state index is 15.3. The molecule has 0 bridgehead atoms. The fourth-order valence-corrected chi connectivity index (χ4v) is 6.59. The van der Waals surface area contributed by atoms with E-state index in [0.717, 1.165) is 29.0 Å². The Bertz CT molecular complexity index is 2170. The highest BCUT2D eigenvalue weighted by Crippen LogP contribution is 2.40. The van der Waals surface area contributed by atoms with Crippen LogP contribution in [0.1, 0.15) is 34.1 Å². The number of fused-ring (bicyclic) bond motifs is 2. The first-order chi connectivity index (χ1) is 20.6. The second-order valence-corrected chi connectivity index (χ2v) is 12.0. The van der Waals surface area contributed by atoms with Gasteiger partial charge >= 0.3 is 5.63 Å². The van der Waals surface area contributed by atoms with Crippen molar-refractivity contribution in [3.05, 3.63) is 141 Å². The van der Waals surface area contributed by atoms with Crippen LogP contribution in [0, 0.1) is 18.6 Å². The Morgan fingerprint density at radius 2 is 1.67 bits per heavy atom. The molecule has 7 nitrogen and oxygen atoms in total. The topological polar surface area (TPSA) is 112 Å². The average Bonchev–Trinajstić information content (AvgIpc) is 3.34. The molecule has 0 spiro atoms. The van der Waals surface area contributed by atoms with E-state index in [9.17, 15) is 22.7 Å². The zero-order chi connectivity index (χ0) is 30.3. The second kappa shape index (κ2) is 11.1. The molecule has 6 aromatic rings. The number of hydrogen-bond donors (Lipinski definition) is 3. The van der Waals surface area contributed by atoms with Crippen molar-refractivity contribution >= 4 is 31.7 Å². The van der Waals surface area contributed by atoms with Crippen molar-refractivity contribution in [2.45, 2.75) is 24.2 Å². The van der Waals surface area contributed by atoms with Crippen LogP contribution in [-0.4, -0.2) is 25.1 Å². The lowest BCUT2D eigenvalue weighted by molar-refractivity contribution is 0.419. The van der Waals surface area contributed by atoms with Crippen molar-refractivity contribution in [1.82, 2.24) is 9.71 Å². The molecule has 2 heterocycles. The lowest BCUT2D eigenvalue weighted by Crippen LogP contribution is -2.26. The van der Waals surface area contributed by atoms with E-state index in [0.29, 0.717) is 22.2 Å². The van der Waals surface area contributed by atoms with Gasteiger partial charge in [0, 0.05) is 34.8 Å². The summed E-state index contributed by atoms with van der Waals surface area (Å²) in [6.45, 7) is 1.44. The first-order valence-corrected chi connectivity index (χ1v) is 15.0. The molecule has 0 aliphatic heterocycles. The summed E-state index contributed by atoms with van der Waals surface area (Å²) in [4.78, 5) is 16.4.